The maximum Gasteiger partial charge on any atom is 0.266 e. The van der Waals surface area contributed by atoms with E-state index in [1.165, 1.54) is 17.8 Å². The Morgan fingerprint density at radius 1 is 1.38 bits per heavy atom. The summed E-state index contributed by atoms with van der Waals surface area (Å²) in [6.45, 7) is 6.26. The van der Waals surface area contributed by atoms with Gasteiger partial charge in [-0.3, -0.25) is 4.79 Å². The topological polar surface area (TPSA) is 59.2 Å². The van der Waals surface area contributed by atoms with Gasteiger partial charge in [0.25, 0.3) is 5.91 Å². The second-order valence-corrected chi connectivity index (χ2v) is 6.99. The number of hydrogen-bond donors (Lipinski definition) is 1. The highest BCUT2D eigenvalue weighted by molar-refractivity contribution is 7.21. The lowest BCUT2D eigenvalue weighted by Gasteiger charge is -2.38. The summed E-state index contributed by atoms with van der Waals surface area (Å²) < 4.78 is 0. The molecule has 0 radical (unpaired) electrons. The van der Waals surface area contributed by atoms with Crippen molar-refractivity contribution in [3.05, 3.63) is 22.7 Å². The number of nitrogens with two attached hydrogens (primary N) is 1. The number of anilines is 1. The van der Waals surface area contributed by atoms with Gasteiger partial charge in [-0.2, -0.15) is 0 Å². The number of piperidine rings is 1. The molecule has 0 bridgehead atoms. The number of aromatic nitrogens is 1. The van der Waals surface area contributed by atoms with E-state index in [1.807, 2.05) is 17.9 Å². The van der Waals surface area contributed by atoms with Gasteiger partial charge in [0.15, 0.2) is 0 Å². The summed E-state index contributed by atoms with van der Waals surface area (Å²) in [6.07, 6.45) is 5.10. The second kappa shape index (κ2) is 5.30. The molecule has 2 N–H and O–H groups in total. The first-order valence-electron chi connectivity index (χ1n) is 7.47. The van der Waals surface area contributed by atoms with Crippen molar-refractivity contribution in [2.24, 2.45) is 0 Å². The highest BCUT2D eigenvalue weighted by atomic mass is 32.1. The molecule has 5 heteroatoms. The number of carbonyl (C=O) groups excluding carboxylic acids is 1. The SMILES string of the molecule is Cc1ccnc2sc(C(=O)N3[C@H](C)CCC[C@@H]3C)c(N)c12. The van der Waals surface area contributed by atoms with Gasteiger partial charge in [0, 0.05) is 23.7 Å². The molecule has 0 saturated carbocycles. The number of aryl methyl sites for hydroxylation is 1. The smallest absolute Gasteiger partial charge is 0.266 e. The number of likely N-dealkylation sites (tertiary alicyclic amines) is 1. The predicted octanol–water partition coefficient (Wildman–Crippen LogP) is 3.59. The highest BCUT2D eigenvalue weighted by Gasteiger charge is 2.32. The number of hydrogen-bond acceptors (Lipinski definition) is 4. The highest BCUT2D eigenvalue weighted by Crippen LogP contribution is 2.36. The van der Waals surface area contributed by atoms with Crippen LogP contribution >= 0.6 is 11.3 Å². The van der Waals surface area contributed by atoms with Crippen molar-refractivity contribution in [1.82, 2.24) is 9.88 Å². The molecule has 3 heterocycles. The van der Waals surface area contributed by atoms with E-state index in [9.17, 15) is 4.79 Å². The zero-order valence-electron chi connectivity index (χ0n) is 12.7. The van der Waals surface area contributed by atoms with Gasteiger partial charge in [-0.25, -0.2) is 4.98 Å². The number of thiophene rings is 1. The molecule has 112 valence electrons. The summed E-state index contributed by atoms with van der Waals surface area (Å²) in [5.41, 5.74) is 7.93. The Morgan fingerprint density at radius 2 is 2.05 bits per heavy atom. The van der Waals surface area contributed by atoms with Gasteiger partial charge < -0.3 is 10.6 Å². The molecule has 2 atom stereocenters. The minimum Gasteiger partial charge on any atom is -0.397 e. The van der Waals surface area contributed by atoms with Gasteiger partial charge in [-0.1, -0.05) is 0 Å². The lowest BCUT2D eigenvalue weighted by molar-refractivity contribution is 0.0517. The molecular formula is C16H21N3OS. The third kappa shape index (κ3) is 2.29. The summed E-state index contributed by atoms with van der Waals surface area (Å²) >= 11 is 1.42. The van der Waals surface area contributed by atoms with Crippen LogP contribution in [0.15, 0.2) is 12.3 Å². The normalized spacial score (nSPS) is 22.7. The Kier molecular flexibility index (Phi) is 3.61. The van der Waals surface area contributed by atoms with Crippen LogP contribution in [0.5, 0.6) is 0 Å². The third-order valence-corrected chi connectivity index (χ3v) is 5.56. The van der Waals surface area contributed by atoms with Gasteiger partial charge >= 0.3 is 0 Å². The Labute approximate surface area is 129 Å². The Bertz CT molecular complexity index is 684. The van der Waals surface area contributed by atoms with E-state index in [0.717, 1.165) is 28.6 Å². The molecule has 1 saturated heterocycles. The van der Waals surface area contributed by atoms with Crippen LogP contribution in [0.4, 0.5) is 5.69 Å². The summed E-state index contributed by atoms with van der Waals surface area (Å²) in [4.78, 5) is 20.8. The fourth-order valence-corrected chi connectivity index (χ4v) is 4.39. The number of rotatable bonds is 1. The Balaban J connectivity index is 2.05. The molecule has 0 aromatic carbocycles. The van der Waals surface area contributed by atoms with Crippen LogP contribution in [0.3, 0.4) is 0 Å². The van der Waals surface area contributed by atoms with Gasteiger partial charge in [0.1, 0.15) is 9.71 Å². The van der Waals surface area contributed by atoms with Crippen LogP contribution < -0.4 is 5.73 Å². The summed E-state index contributed by atoms with van der Waals surface area (Å²) in [5.74, 6) is 0.0644. The average Bonchev–Trinajstić information content (AvgIpc) is 2.77. The first-order valence-corrected chi connectivity index (χ1v) is 8.28. The van der Waals surface area contributed by atoms with Crippen molar-refractivity contribution in [3.8, 4) is 0 Å². The fraction of sp³-hybridized carbons (Fsp3) is 0.500. The van der Waals surface area contributed by atoms with Crippen molar-refractivity contribution in [2.75, 3.05) is 5.73 Å². The standard InChI is InChI=1S/C16H21N3OS/c1-9-7-8-18-15-12(9)13(17)14(21-15)16(20)19-10(2)5-4-6-11(19)3/h7-8,10-11H,4-6,17H2,1-3H3/t10-,11+. The van der Waals surface area contributed by atoms with E-state index in [4.69, 9.17) is 5.73 Å². The molecule has 21 heavy (non-hydrogen) atoms. The number of pyridine rings is 1. The second-order valence-electron chi connectivity index (χ2n) is 5.99. The monoisotopic (exact) mass is 303 g/mol. The zero-order chi connectivity index (χ0) is 15.1. The van der Waals surface area contributed by atoms with Crippen LogP contribution in [0.2, 0.25) is 0 Å². The quantitative estimate of drug-likeness (QED) is 0.876. The lowest BCUT2D eigenvalue weighted by atomic mass is 9.97. The maximum absolute atomic E-state index is 13.0. The van der Waals surface area contributed by atoms with Crippen molar-refractivity contribution in [2.45, 2.75) is 52.1 Å². The third-order valence-electron chi connectivity index (χ3n) is 4.46. The van der Waals surface area contributed by atoms with Crippen LogP contribution in [0.1, 0.15) is 48.3 Å². The van der Waals surface area contributed by atoms with Crippen LogP contribution in [-0.2, 0) is 0 Å². The fourth-order valence-electron chi connectivity index (χ4n) is 3.30. The average molecular weight is 303 g/mol. The molecule has 1 aliphatic rings. The van der Waals surface area contributed by atoms with Gasteiger partial charge in [-0.05, 0) is 51.7 Å². The Hall–Kier alpha value is -1.62. The van der Waals surface area contributed by atoms with E-state index in [0.29, 0.717) is 10.6 Å². The molecule has 4 nitrogen and oxygen atoms in total. The van der Waals surface area contributed by atoms with E-state index < -0.39 is 0 Å². The van der Waals surface area contributed by atoms with E-state index in [2.05, 4.69) is 18.8 Å². The van der Waals surface area contributed by atoms with E-state index in [1.54, 1.807) is 6.20 Å². The summed E-state index contributed by atoms with van der Waals surface area (Å²) in [5, 5.41) is 0.933. The molecule has 0 unspecified atom stereocenters. The largest absolute Gasteiger partial charge is 0.397 e. The molecule has 1 amide bonds. The maximum atomic E-state index is 13.0. The molecule has 2 aromatic rings. The number of fused-ring (bicyclic) bond motifs is 1. The summed E-state index contributed by atoms with van der Waals surface area (Å²) in [7, 11) is 0. The Morgan fingerprint density at radius 3 is 2.67 bits per heavy atom. The number of carbonyl (C=O) groups is 1. The zero-order valence-corrected chi connectivity index (χ0v) is 13.5. The number of nitrogen functional groups attached to an aromatic ring is 1. The minimum atomic E-state index is 0.0644. The minimum absolute atomic E-state index is 0.0644. The molecule has 3 rings (SSSR count). The van der Waals surface area contributed by atoms with Crippen LogP contribution in [-0.4, -0.2) is 27.9 Å². The molecule has 1 aliphatic heterocycles. The van der Waals surface area contributed by atoms with E-state index in [-0.39, 0.29) is 18.0 Å². The lowest BCUT2D eigenvalue weighted by Crippen LogP contribution is -2.47. The number of nitrogens with zero attached hydrogens (tertiary/aromatic N) is 2. The molecule has 2 aromatic heterocycles. The predicted molar refractivity (Wildman–Crippen MR) is 87.7 cm³/mol. The van der Waals surface area contributed by atoms with Crippen molar-refractivity contribution in [1.29, 1.82) is 0 Å². The number of amides is 1. The van der Waals surface area contributed by atoms with Crippen molar-refractivity contribution in [3.63, 3.8) is 0 Å². The van der Waals surface area contributed by atoms with Crippen molar-refractivity contribution >= 4 is 33.1 Å². The first kappa shape index (κ1) is 14.3. The summed E-state index contributed by atoms with van der Waals surface area (Å²) in [6, 6.07) is 2.49. The molecular weight excluding hydrogens is 282 g/mol. The van der Waals surface area contributed by atoms with Gasteiger partial charge in [0.05, 0.1) is 5.69 Å². The van der Waals surface area contributed by atoms with Gasteiger partial charge in [-0.15, -0.1) is 11.3 Å². The van der Waals surface area contributed by atoms with E-state index >= 15 is 0 Å². The molecule has 0 aliphatic carbocycles. The first-order chi connectivity index (χ1) is 10.0. The molecule has 1 fully saturated rings. The van der Waals surface area contributed by atoms with Gasteiger partial charge in [0.2, 0.25) is 0 Å². The molecule has 0 spiro atoms. The van der Waals surface area contributed by atoms with Crippen LogP contribution in [0, 0.1) is 6.92 Å². The van der Waals surface area contributed by atoms with Crippen molar-refractivity contribution < 1.29 is 4.79 Å². The van der Waals surface area contributed by atoms with Crippen LogP contribution in [0.25, 0.3) is 10.2 Å².